The van der Waals surface area contributed by atoms with Gasteiger partial charge in [-0.3, -0.25) is 14.9 Å². The minimum Gasteiger partial charge on any atom is -0.481 e. The lowest BCUT2D eigenvalue weighted by Crippen LogP contribution is -2.10. The molecule has 1 rings (SSSR count). The van der Waals surface area contributed by atoms with Crippen LogP contribution in [-0.2, 0) is 14.6 Å². The molecule has 1 aromatic rings. The number of hydrogen-bond donors (Lipinski definition) is 1. The topological polar surface area (TPSA) is 127 Å². The Balaban J connectivity index is 2.79. The summed E-state index contributed by atoms with van der Waals surface area (Å²) in [5.41, 5.74) is -0.306. The van der Waals surface area contributed by atoms with Crippen LogP contribution >= 0.6 is 0 Å². The zero-order valence-corrected chi connectivity index (χ0v) is 9.96. The second-order valence-electron chi connectivity index (χ2n) is 3.43. The van der Waals surface area contributed by atoms with Crippen LogP contribution in [-0.4, -0.2) is 35.2 Å². The summed E-state index contributed by atoms with van der Waals surface area (Å²) in [4.78, 5) is 23.4. The van der Waals surface area contributed by atoms with E-state index in [4.69, 9.17) is 5.11 Å². The van der Waals surface area contributed by atoms with Crippen molar-refractivity contribution in [1.82, 2.24) is 4.98 Å². The Labute approximate surface area is 102 Å². The van der Waals surface area contributed by atoms with Crippen molar-refractivity contribution < 1.29 is 23.2 Å². The molecule has 1 N–H and O–H groups in total. The first-order valence-corrected chi connectivity index (χ1v) is 6.53. The first-order valence-electron chi connectivity index (χ1n) is 4.88. The molecule has 1 heterocycles. The lowest BCUT2D eigenvalue weighted by atomic mass is 10.3. The third kappa shape index (κ3) is 3.77. The summed E-state index contributed by atoms with van der Waals surface area (Å²) in [6.07, 6.45) is 0.562. The van der Waals surface area contributed by atoms with Crippen molar-refractivity contribution in [1.29, 1.82) is 0 Å². The van der Waals surface area contributed by atoms with Crippen LogP contribution in [0, 0.1) is 10.1 Å². The molecule has 18 heavy (non-hydrogen) atoms. The van der Waals surface area contributed by atoms with Gasteiger partial charge < -0.3 is 5.11 Å². The zero-order chi connectivity index (χ0) is 13.8. The van der Waals surface area contributed by atoms with E-state index < -0.39 is 20.7 Å². The summed E-state index contributed by atoms with van der Waals surface area (Å²) < 4.78 is 23.3. The molecule has 0 aliphatic heterocycles. The molecular weight excluding hydrogens is 264 g/mol. The quantitative estimate of drug-likeness (QED) is 0.595. The van der Waals surface area contributed by atoms with Crippen LogP contribution in [0.3, 0.4) is 0 Å². The number of carbonyl (C=O) groups is 1. The van der Waals surface area contributed by atoms with Crippen LogP contribution in [0.2, 0.25) is 0 Å². The molecule has 0 spiro atoms. The molecule has 98 valence electrons. The van der Waals surface area contributed by atoms with Crippen LogP contribution in [0.4, 0.5) is 5.69 Å². The highest BCUT2D eigenvalue weighted by atomic mass is 32.2. The van der Waals surface area contributed by atoms with Gasteiger partial charge in [0.2, 0.25) is 0 Å². The largest absolute Gasteiger partial charge is 0.481 e. The number of pyridine rings is 1. The molecule has 1 aromatic heterocycles. The normalized spacial score (nSPS) is 11.1. The molecule has 0 aromatic carbocycles. The van der Waals surface area contributed by atoms with Gasteiger partial charge >= 0.3 is 5.97 Å². The van der Waals surface area contributed by atoms with Gasteiger partial charge in [0.05, 0.1) is 10.7 Å². The number of nitro groups is 1. The molecule has 0 aliphatic carbocycles. The van der Waals surface area contributed by atoms with Gasteiger partial charge in [0.25, 0.3) is 5.69 Å². The predicted octanol–water partition coefficient (Wildman–Crippen LogP) is 0.628. The van der Waals surface area contributed by atoms with E-state index in [1.165, 1.54) is 0 Å². The standard InChI is InChI=1S/C9H10N2O6S/c12-9(13)2-1-5-18(16,17)8-4-3-7(6-10-8)11(14)15/h3-4,6H,1-2,5H2,(H,12,13). The molecule has 0 atom stereocenters. The molecule has 0 saturated carbocycles. The van der Waals surface area contributed by atoms with Crippen LogP contribution in [0.5, 0.6) is 0 Å². The summed E-state index contributed by atoms with van der Waals surface area (Å²) in [6.45, 7) is 0. The third-order valence-corrected chi connectivity index (χ3v) is 3.76. The Bertz CT molecular complexity index is 551. The van der Waals surface area contributed by atoms with Crippen LogP contribution in [0.25, 0.3) is 0 Å². The van der Waals surface area contributed by atoms with E-state index >= 15 is 0 Å². The molecule has 8 nitrogen and oxygen atoms in total. The van der Waals surface area contributed by atoms with Gasteiger partial charge in [-0.05, 0) is 12.5 Å². The van der Waals surface area contributed by atoms with Gasteiger partial charge in [-0.2, -0.15) is 0 Å². The SMILES string of the molecule is O=C(O)CCCS(=O)(=O)c1ccc([N+](=O)[O-])cn1. The van der Waals surface area contributed by atoms with Crippen molar-refractivity contribution in [3.8, 4) is 0 Å². The zero-order valence-electron chi connectivity index (χ0n) is 9.14. The minimum atomic E-state index is -3.70. The summed E-state index contributed by atoms with van der Waals surface area (Å²) in [6, 6.07) is 2.07. The Morgan fingerprint density at radius 1 is 1.44 bits per heavy atom. The molecule has 9 heteroatoms. The highest BCUT2D eigenvalue weighted by Crippen LogP contribution is 2.14. The molecule has 0 saturated heterocycles. The number of hydrogen-bond acceptors (Lipinski definition) is 6. The van der Waals surface area contributed by atoms with E-state index in [-0.39, 0.29) is 29.3 Å². The number of aromatic nitrogens is 1. The van der Waals surface area contributed by atoms with E-state index in [9.17, 15) is 23.3 Å². The fourth-order valence-electron chi connectivity index (χ4n) is 1.18. The van der Waals surface area contributed by atoms with Crippen molar-refractivity contribution >= 4 is 21.5 Å². The maximum absolute atomic E-state index is 11.7. The van der Waals surface area contributed by atoms with Crippen LogP contribution in [0.15, 0.2) is 23.4 Å². The average molecular weight is 274 g/mol. The maximum atomic E-state index is 11.7. The lowest BCUT2D eigenvalue weighted by Gasteiger charge is -2.01. The van der Waals surface area contributed by atoms with Gasteiger partial charge in [0, 0.05) is 12.5 Å². The van der Waals surface area contributed by atoms with Gasteiger partial charge in [0.15, 0.2) is 14.9 Å². The number of carboxylic acid groups (broad SMARTS) is 1. The fourth-order valence-corrected chi connectivity index (χ4v) is 2.40. The Hall–Kier alpha value is -2.03. The molecule has 0 radical (unpaired) electrons. The average Bonchev–Trinajstić information content (AvgIpc) is 2.28. The number of carboxylic acids is 1. The smallest absolute Gasteiger partial charge is 0.303 e. The van der Waals surface area contributed by atoms with Crippen LogP contribution in [0.1, 0.15) is 12.8 Å². The highest BCUT2D eigenvalue weighted by molar-refractivity contribution is 7.91. The number of nitrogens with zero attached hydrogens (tertiary/aromatic N) is 2. The van der Waals surface area contributed by atoms with E-state index in [0.717, 1.165) is 18.3 Å². The van der Waals surface area contributed by atoms with E-state index in [1.807, 2.05) is 0 Å². The van der Waals surface area contributed by atoms with Crippen molar-refractivity contribution in [2.24, 2.45) is 0 Å². The molecule has 0 amide bonds. The number of sulfone groups is 1. The predicted molar refractivity (Wildman–Crippen MR) is 59.8 cm³/mol. The summed E-state index contributed by atoms with van der Waals surface area (Å²) in [5, 5.41) is 18.5. The summed E-state index contributed by atoms with van der Waals surface area (Å²) >= 11 is 0. The van der Waals surface area contributed by atoms with Crippen molar-refractivity contribution in [3.05, 3.63) is 28.4 Å². The summed E-state index contributed by atoms with van der Waals surface area (Å²) in [5.74, 6) is -1.44. The van der Waals surface area contributed by atoms with Gasteiger partial charge in [0.1, 0.15) is 6.20 Å². The minimum absolute atomic E-state index is 0.0314. The first-order chi connectivity index (χ1) is 8.33. The molecular formula is C9H10N2O6S. The van der Waals surface area contributed by atoms with Gasteiger partial charge in [-0.15, -0.1) is 0 Å². The lowest BCUT2D eigenvalue weighted by molar-refractivity contribution is -0.385. The number of rotatable bonds is 6. The Morgan fingerprint density at radius 2 is 2.11 bits per heavy atom. The molecule has 0 unspecified atom stereocenters. The molecule has 0 bridgehead atoms. The van der Waals surface area contributed by atoms with Crippen molar-refractivity contribution in [2.75, 3.05) is 5.75 Å². The first kappa shape index (κ1) is 14.0. The van der Waals surface area contributed by atoms with E-state index in [2.05, 4.69) is 4.98 Å². The maximum Gasteiger partial charge on any atom is 0.303 e. The van der Waals surface area contributed by atoms with Crippen molar-refractivity contribution in [3.63, 3.8) is 0 Å². The van der Waals surface area contributed by atoms with Gasteiger partial charge in [-0.1, -0.05) is 0 Å². The van der Waals surface area contributed by atoms with Gasteiger partial charge in [-0.25, -0.2) is 13.4 Å². The van der Waals surface area contributed by atoms with Crippen LogP contribution < -0.4 is 0 Å². The third-order valence-electron chi connectivity index (χ3n) is 2.05. The molecule has 0 aliphatic rings. The Kier molecular flexibility index (Phi) is 4.32. The Morgan fingerprint density at radius 3 is 2.56 bits per heavy atom. The van der Waals surface area contributed by atoms with E-state index in [0.29, 0.717) is 0 Å². The highest BCUT2D eigenvalue weighted by Gasteiger charge is 2.17. The number of aliphatic carboxylic acids is 1. The molecule has 0 fully saturated rings. The van der Waals surface area contributed by atoms with Crippen molar-refractivity contribution in [2.45, 2.75) is 17.9 Å². The second-order valence-corrected chi connectivity index (χ2v) is 5.48. The van der Waals surface area contributed by atoms with E-state index in [1.54, 1.807) is 0 Å². The fraction of sp³-hybridized carbons (Fsp3) is 0.333. The monoisotopic (exact) mass is 274 g/mol. The second kappa shape index (κ2) is 5.54. The summed E-state index contributed by atoms with van der Waals surface area (Å²) in [7, 11) is -3.70.